The monoisotopic (exact) mass is 261 g/mol. The summed E-state index contributed by atoms with van der Waals surface area (Å²) >= 11 is 0. The highest BCUT2D eigenvalue weighted by molar-refractivity contribution is 5.32. The summed E-state index contributed by atoms with van der Waals surface area (Å²) < 4.78 is 0. The van der Waals surface area contributed by atoms with Crippen LogP contribution >= 0.6 is 0 Å². The van der Waals surface area contributed by atoms with Crippen LogP contribution in [0.4, 0.5) is 0 Å². The van der Waals surface area contributed by atoms with E-state index in [1.807, 2.05) is 13.8 Å². The molecule has 1 aliphatic carbocycles. The summed E-state index contributed by atoms with van der Waals surface area (Å²) in [5.74, 6) is 0.632. The predicted octanol–water partition coefficient (Wildman–Crippen LogP) is 3.20. The number of aryl methyl sites for hydroxylation is 1. The van der Waals surface area contributed by atoms with E-state index in [-0.39, 0.29) is 0 Å². The zero-order chi connectivity index (χ0) is 13.9. The van der Waals surface area contributed by atoms with Crippen molar-refractivity contribution < 1.29 is 5.11 Å². The first-order valence-electron chi connectivity index (χ1n) is 7.52. The van der Waals surface area contributed by atoms with Crippen molar-refractivity contribution >= 4 is 0 Å². The number of hydrogen-bond donors (Lipinski definition) is 1. The van der Waals surface area contributed by atoms with Gasteiger partial charge in [-0.3, -0.25) is 0 Å². The smallest absolute Gasteiger partial charge is 0.0718 e. The summed E-state index contributed by atoms with van der Waals surface area (Å²) in [6, 6.07) is 8.86. The molecule has 1 atom stereocenters. The van der Waals surface area contributed by atoms with Crippen LogP contribution in [0.3, 0.4) is 0 Å². The van der Waals surface area contributed by atoms with Crippen molar-refractivity contribution in [2.24, 2.45) is 0 Å². The van der Waals surface area contributed by atoms with Gasteiger partial charge in [0.2, 0.25) is 0 Å². The summed E-state index contributed by atoms with van der Waals surface area (Å²) in [6.45, 7) is 8.79. The SMILES string of the molecule is CCN(CC1CCCc2ccccc21)CC(C)(C)O. The lowest BCUT2D eigenvalue weighted by atomic mass is 9.82. The Morgan fingerprint density at radius 3 is 2.74 bits per heavy atom. The van der Waals surface area contributed by atoms with E-state index in [1.165, 1.54) is 30.4 Å². The van der Waals surface area contributed by atoms with E-state index in [4.69, 9.17) is 0 Å². The van der Waals surface area contributed by atoms with Crippen molar-refractivity contribution in [3.05, 3.63) is 35.4 Å². The molecule has 1 unspecified atom stereocenters. The van der Waals surface area contributed by atoms with Crippen molar-refractivity contribution in [3.8, 4) is 0 Å². The van der Waals surface area contributed by atoms with Crippen molar-refractivity contribution in [2.45, 2.75) is 51.6 Å². The van der Waals surface area contributed by atoms with Gasteiger partial charge in [-0.25, -0.2) is 0 Å². The van der Waals surface area contributed by atoms with E-state index in [0.717, 1.165) is 19.6 Å². The summed E-state index contributed by atoms with van der Waals surface area (Å²) in [5, 5.41) is 10.0. The lowest BCUT2D eigenvalue weighted by Gasteiger charge is -2.33. The molecule has 0 heterocycles. The molecule has 0 fully saturated rings. The van der Waals surface area contributed by atoms with Gasteiger partial charge >= 0.3 is 0 Å². The predicted molar refractivity (Wildman–Crippen MR) is 80.5 cm³/mol. The van der Waals surface area contributed by atoms with Crippen molar-refractivity contribution in [2.75, 3.05) is 19.6 Å². The molecule has 106 valence electrons. The van der Waals surface area contributed by atoms with Crippen LogP contribution in [-0.4, -0.2) is 35.2 Å². The maximum absolute atomic E-state index is 10.0. The molecule has 0 amide bonds. The summed E-state index contributed by atoms with van der Waals surface area (Å²) in [5.41, 5.74) is 2.45. The van der Waals surface area contributed by atoms with E-state index < -0.39 is 5.60 Å². The fraction of sp³-hybridized carbons (Fsp3) is 0.647. The Hall–Kier alpha value is -0.860. The molecule has 0 aliphatic heterocycles. The molecule has 1 aromatic rings. The van der Waals surface area contributed by atoms with Crippen LogP contribution in [0, 0.1) is 0 Å². The Bertz CT molecular complexity index is 408. The molecular formula is C17H27NO. The average Bonchev–Trinajstić information content (AvgIpc) is 2.37. The number of likely N-dealkylation sites (N-methyl/N-ethyl adjacent to an activating group) is 1. The van der Waals surface area contributed by atoms with Gasteiger partial charge in [0.25, 0.3) is 0 Å². The molecule has 0 bridgehead atoms. The molecule has 0 aromatic heterocycles. The maximum atomic E-state index is 10.0. The topological polar surface area (TPSA) is 23.5 Å². The molecule has 19 heavy (non-hydrogen) atoms. The van der Waals surface area contributed by atoms with Gasteiger partial charge in [-0.05, 0) is 56.7 Å². The lowest BCUT2D eigenvalue weighted by Crippen LogP contribution is -2.40. The van der Waals surface area contributed by atoms with Crippen LogP contribution in [-0.2, 0) is 6.42 Å². The largest absolute Gasteiger partial charge is 0.389 e. The third-order valence-corrected chi connectivity index (χ3v) is 4.03. The molecule has 1 aliphatic rings. The number of hydrogen-bond acceptors (Lipinski definition) is 2. The van der Waals surface area contributed by atoms with Gasteiger partial charge in [-0.2, -0.15) is 0 Å². The highest BCUT2D eigenvalue weighted by Gasteiger charge is 2.24. The molecular weight excluding hydrogens is 234 g/mol. The van der Waals surface area contributed by atoms with Crippen LogP contribution in [0.25, 0.3) is 0 Å². The van der Waals surface area contributed by atoms with Crippen molar-refractivity contribution in [3.63, 3.8) is 0 Å². The molecule has 1 aromatic carbocycles. The zero-order valence-corrected chi connectivity index (χ0v) is 12.5. The molecule has 0 saturated heterocycles. The minimum atomic E-state index is -0.607. The third-order valence-electron chi connectivity index (χ3n) is 4.03. The second kappa shape index (κ2) is 6.06. The summed E-state index contributed by atoms with van der Waals surface area (Å²) in [7, 11) is 0. The maximum Gasteiger partial charge on any atom is 0.0718 e. The van der Waals surface area contributed by atoms with Gasteiger partial charge in [-0.1, -0.05) is 31.2 Å². The molecule has 0 saturated carbocycles. The van der Waals surface area contributed by atoms with Gasteiger partial charge in [0.1, 0.15) is 0 Å². The highest BCUT2D eigenvalue weighted by Crippen LogP contribution is 2.32. The van der Waals surface area contributed by atoms with Crippen LogP contribution < -0.4 is 0 Å². The van der Waals surface area contributed by atoms with Crippen LogP contribution in [0.2, 0.25) is 0 Å². The minimum absolute atomic E-state index is 0.607. The Kier molecular flexibility index (Phi) is 4.64. The number of benzene rings is 1. The van der Waals surface area contributed by atoms with E-state index in [2.05, 4.69) is 36.1 Å². The minimum Gasteiger partial charge on any atom is -0.389 e. The van der Waals surface area contributed by atoms with E-state index in [9.17, 15) is 5.11 Å². The lowest BCUT2D eigenvalue weighted by molar-refractivity contribution is 0.0354. The Balaban J connectivity index is 2.07. The summed E-state index contributed by atoms with van der Waals surface area (Å²) in [4.78, 5) is 2.38. The first-order chi connectivity index (χ1) is 8.99. The first-order valence-corrected chi connectivity index (χ1v) is 7.52. The molecule has 1 N–H and O–H groups in total. The van der Waals surface area contributed by atoms with Gasteiger partial charge in [0, 0.05) is 13.1 Å². The zero-order valence-electron chi connectivity index (χ0n) is 12.5. The Morgan fingerprint density at radius 1 is 1.32 bits per heavy atom. The van der Waals surface area contributed by atoms with Crippen molar-refractivity contribution in [1.29, 1.82) is 0 Å². The number of aliphatic hydroxyl groups is 1. The molecule has 0 spiro atoms. The molecule has 2 nitrogen and oxygen atoms in total. The molecule has 2 heteroatoms. The second-order valence-corrected chi connectivity index (χ2v) is 6.43. The van der Waals surface area contributed by atoms with Gasteiger partial charge < -0.3 is 10.0 Å². The van der Waals surface area contributed by atoms with E-state index in [0.29, 0.717) is 5.92 Å². The quantitative estimate of drug-likeness (QED) is 0.880. The number of nitrogens with zero attached hydrogens (tertiary/aromatic N) is 1. The fourth-order valence-corrected chi connectivity index (χ4v) is 3.21. The normalized spacial score (nSPS) is 19.5. The fourth-order valence-electron chi connectivity index (χ4n) is 3.21. The van der Waals surface area contributed by atoms with Crippen LogP contribution in [0.15, 0.2) is 24.3 Å². The average molecular weight is 261 g/mol. The van der Waals surface area contributed by atoms with Gasteiger partial charge in [0.15, 0.2) is 0 Å². The standard InChI is InChI=1S/C17H27NO/c1-4-18(13-17(2,3)19)12-15-10-7-9-14-8-5-6-11-16(14)15/h5-6,8,11,15,19H,4,7,9-10,12-13H2,1-3H3. The van der Waals surface area contributed by atoms with Gasteiger partial charge in [0.05, 0.1) is 5.60 Å². The van der Waals surface area contributed by atoms with E-state index in [1.54, 1.807) is 0 Å². The number of rotatable bonds is 5. The molecule has 2 rings (SSSR count). The van der Waals surface area contributed by atoms with Gasteiger partial charge in [-0.15, -0.1) is 0 Å². The van der Waals surface area contributed by atoms with Crippen molar-refractivity contribution in [1.82, 2.24) is 4.90 Å². The van der Waals surface area contributed by atoms with Crippen LogP contribution in [0.5, 0.6) is 0 Å². The number of fused-ring (bicyclic) bond motifs is 1. The summed E-state index contributed by atoms with van der Waals surface area (Å²) in [6.07, 6.45) is 3.80. The Morgan fingerprint density at radius 2 is 2.05 bits per heavy atom. The molecule has 0 radical (unpaired) electrons. The van der Waals surface area contributed by atoms with Crippen LogP contribution in [0.1, 0.15) is 50.7 Å². The van der Waals surface area contributed by atoms with E-state index >= 15 is 0 Å². The second-order valence-electron chi connectivity index (χ2n) is 6.43. The first kappa shape index (κ1) is 14.5. The highest BCUT2D eigenvalue weighted by atomic mass is 16.3. The Labute approximate surface area is 117 Å². The third kappa shape index (κ3) is 4.05.